The van der Waals surface area contributed by atoms with Crippen LogP contribution in [0.2, 0.25) is 0 Å². The molecule has 1 aromatic carbocycles. The summed E-state index contributed by atoms with van der Waals surface area (Å²) in [4.78, 5) is 12.5. The number of benzene rings is 1. The largest absolute Gasteiger partial charge is 0.344 e. The maximum atomic E-state index is 12.5. The van der Waals surface area contributed by atoms with Crippen molar-refractivity contribution in [2.45, 2.75) is 39.2 Å². The highest BCUT2D eigenvalue weighted by molar-refractivity contribution is 5.93. The maximum Gasteiger partial charge on any atom is 0.272 e. The lowest BCUT2D eigenvalue weighted by Gasteiger charge is -2.31. The molecule has 0 saturated heterocycles. The quantitative estimate of drug-likeness (QED) is 0.860. The Morgan fingerprint density at radius 2 is 1.91 bits per heavy atom. The molecular weight excluding hydrogens is 276 g/mol. The second kappa shape index (κ2) is 6.75. The van der Waals surface area contributed by atoms with Gasteiger partial charge >= 0.3 is 0 Å². The van der Waals surface area contributed by atoms with E-state index in [1.54, 1.807) is 10.7 Å². The number of aromatic nitrogens is 2. The van der Waals surface area contributed by atoms with E-state index in [0.29, 0.717) is 12.2 Å². The van der Waals surface area contributed by atoms with E-state index in [1.165, 1.54) is 0 Å². The van der Waals surface area contributed by atoms with Crippen LogP contribution in [0.5, 0.6) is 0 Å². The summed E-state index contributed by atoms with van der Waals surface area (Å²) in [5.74, 6) is -0.174. The number of aryl methyl sites for hydroxylation is 1. The van der Waals surface area contributed by atoms with Crippen LogP contribution in [-0.4, -0.2) is 27.8 Å². The van der Waals surface area contributed by atoms with Crippen LogP contribution in [0.1, 0.15) is 42.9 Å². The van der Waals surface area contributed by atoms with Crippen LogP contribution < -0.4 is 11.1 Å². The monoisotopic (exact) mass is 300 g/mol. The molecule has 5 heteroatoms. The zero-order valence-corrected chi connectivity index (χ0v) is 13.5. The van der Waals surface area contributed by atoms with Gasteiger partial charge in [0.05, 0.1) is 11.2 Å². The van der Waals surface area contributed by atoms with Gasteiger partial charge in [-0.05, 0) is 38.0 Å². The van der Waals surface area contributed by atoms with Gasteiger partial charge in [0.15, 0.2) is 5.69 Å². The molecule has 0 bridgehead atoms. The van der Waals surface area contributed by atoms with Crippen LogP contribution in [0.3, 0.4) is 0 Å². The minimum absolute atomic E-state index is 0.174. The summed E-state index contributed by atoms with van der Waals surface area (Å²) in [5.41, 5.74) is 7.76. The number of nitrogens with one attached hydrogen (secondary N) is 1. The minimum atomic E-state index is -0.360. The van der Waals surface area contributed by atoms with Gasteiger partial charge < -0.3 is 11.1 Å². The van der Waals surface area contributed by atoms with Gasteiger partial charge in [0.25, 0.3) is 5.91 Å². The molecule has 0 aliphatic carbocycles. The number of carbonyl (C=O) groups excluding carboxylic acids is 1. The molecule has 0 radical (unpaired) electrons. The molecule has 5 nitrogen and oxygen atoms in total. The van der Waals surface area contributed by atoms with Crippen molar-refractivity contribution >= 4 is 5.91 Å². The molecule has 0 aliphatic heterocycles. The van der Waals surface area contributed by atoms with E-state index in [4.69, 9.17) is 5.73 Å². The minimum Gasteiger partial charge on any atom is -0.344 e. The maximum absolute atomic E-state index is 12.5. The number of rotatable bonds is 6. The predicted molar refractivity (Wildman–Crippen MR) is 88.1 cm³/mol. The Kier molecular flexibility index (Phi) is 4.98. The Labute approximate surface area is 131 Å². The Morgan fingerprint density at radius 1 is 1.27 bits per heavy atom. The summed E-state index contributed by atoms with van der Waals surface area (Å²) in [6, 6.07) is 11.6. The van der Waals surface area contributed by atoms with Crippen molar-refractivity contribution in [3.05, 3.63) is 47.8 Å². The van der Waals surface area contributed by atoms with E-state index in [2.05, 4.69) is 10.4 Å². The number of hydrogen-bond acceptors (Lipinski definition) is 3. The van der Waals surface area contributed by atoms with E-state index in [1.807, 2.05) is 51.1 Å². The summed E-state index contributed by atoms with van der Waals surface area (Å²) < 4.78 is 1.77. The fraction of sp³-hybridized carbons (Fsp3) is 0.412. The number of nitrogens with zero attached hydrogens (tertiary/aromatic N) is 2. The summed E-state index contributed by atoms with van der Waals surface area (Å²) >= 11 is 0. The highest BCUT2D eigenvalue weighted by Crippen LogP contribution is 2.16. The average Bonchev–Trinajstić information content (AvgIpc) is 2.95. The fourth-order valence-electron chi connectivity index (χ4n) is 2.49. The average molecular weight is 300 g/mol. The molecule has 0 unspecified atom stereocenters. The van der Waals surface area contributed by atoms with Gasteiger partial charge in [-0.1, -0.05) is 32.0 Å². The molecule has 0 spiro atoms. The van der Waals surface area contributed by atoms with E-state index in [-0.39, 0.29) is 11.4 Å². The lowest BCUT2D eigenvalue weighted by atomic mass is 9.93. The molecule has 1 aromatic heterocycles. The van der Waals surface area contributed by atoms with Crippen LogP contribution in [0.15, 0.2) is 36.4 Å². The standard InChI is InChI=1S/C17H24N4O/c1-4-17(5-2,12-18)19-16(22)15-11-13(3)21(20-15)14-9-7-6-8-10-14/h6-11H,4-5,12,18H2,1-3H3,(H,19,22). The topological polar surface area (TPSA) is 72.9 Å². The van der Waals surface area contributed by atoms with Crippen LogP contribution in [-0.2, 0) is 0 Å². The lowest BCUT2D eigenvalue weighted by molar-refractivity contribution is 0.0889. The van der Waals surface area contributed by atoms with Crippen molar-refractivity contribution in [1.29, 1.82) is 0 Å². The molecule has 0 aliphatic rings. The Morgan fingerprint density at radius 3 is 2.45 bits per heavy atom. The smallest absolute Gasteiger partial charge is 0.272 e. The fourth-order valence-corrected chi connectivity index (χ4v) is 2.49. The van der Waals surface area contributed by atoms with Crippen molar-refractivity contribution < 1.29 is 4.79 Å². The van der Waals surface area contributed by atoms with Gasteiger partial charge in [-0.15, -0.1) is 0 Å². The molecule has 1 amide bonds. The van der Waals surface area contributed by atoms with E-state index < -0.39 is 0 Å². The highest BCUT2D eigenvalue weighted by Gasteiger charge is 2.28. The molecular formula is C17H24N4O. The molecule has 118 valence electrons. The molecule has 2 aromatic rings. The van der Waals surface area contributed by atoms with Gasteiger partial charge in [0.1, 0.15) is 0 Å². The van der Waals surface area contributed by atoms with Crippen molar-refractivity contribution in [2.75, 3.05) is 6.54 Å². The molecule has 1 heterocycles. The van der Waals surface area contributed by atoms with E-state index >= 15 is 0 Å². The van der Waals surface area contributed by atoms with Crippen molar-refractivity contribution in [3.63, 3.8) is 0 Å². The van der Waals surface area contributed by atoms with Gasteiger partial charge in [-0.3, -0.25) is 4.79 Å². The Bertz CT molecular complexity index is 621. The van der Waals surface area contributed by atoms with Crippen molar-refractivity contribution in [1.82, 2.24) is 15.1 Å². The normalized spacial score (nSPS) is 11.5. The summed E-state index contributed by atoms with van der Waals surface area (Å²) in [6.07, 6.45) is 1.59. The first-order valence-corrected chi connectivity index (χ1v) is 7.70. The molecule has 0 saturated carbocycles. The third-order valence-corrected chi connectivity index (χ3v) is 4.24. The Hall–Kier alpha value is -2.14. The molecule has 0 fully saturated rings. The molecule has 22 heavy (non-hydrogen) atoms. The van der Waals surface area contributed by atoms with Crippen molar-refractivity contribution in [3.8, 4) is 5.69 Å². The molecule has 2 rings (SSSR count). The third kappa shape index (κ3) is 3.20. The van der Waals surface area contributed by atoms with Crippen molar-refractivity contribution in [2.24, 2.45) is 5.73 Å². The van der Waals surface area contributed by atoms with Crippen LogP contribution in [0.4, 0.5) is 0 Å². The summed E-state index contributed by atoms with van der Waals surface area (Å²) in [6.45, 7) is 6.42. The zero-order chi connectivity index (χ0) is 16.2. The van der Waals surface area contributed by atoms with Crippen LogP contribution >= 0.6 is 0 Å². The summed E-state index contributed by atoms with van der Waals surface area (Å²) in [5, 5.41) is 7.48. The lowest BCUT2D eigenvalue weighted by Crippen LogP contribution is -2.53. The second-order valence-corrected chi connectivity index (χ2v) is 5.56. The SMILES string of the molecule is CCC(CC)(CN)NC(=O)c1cc(C)n(-c2ccccc2)n1. The first-order valence-electron chi connectivity index (χ1n) is 7.70. The number of carbonyl (C=O) groups is 1. The highest BCUT2D eigenvalue weighted by atomic mass is 16.2. The first kappa shape index (κ1) is 16.2. The number of amides is 1. The molecule has 0 atom stereocenters. The van der Waals surface area contributed by atoms with Gasteiger partial charge in [-0.25, -0.2) is 4.68 Å². The number of hydrogen-bond donors (Lipinski definition) is 2. The zero-order valence-electron chi connectivity index (χ0n) is 13.5. The van der Waals surface area contributed by atoms with Crippen LogP contribution in [0.25, 0.3) is 5.69 Å². The van der Waals surface area contributed by atoms with E-state index in [0.717, 1.165) is 24.2 Å². The van der Waals surface area contributed by atoms with Crippen LogP contribution in [0, 0.1) is 6.92 Å². The summed E-state index contributed by atoms with van der Waals surface area (Å²) in [7, 11) is 0. The second-order valence-electron chi connectivity index (χ2n) is 5.56. The number of nitrogens with two attached hydrogens (primary N) is 1. The first-order chi connectivity index (χ1) is 10.5. The van der Waals surface area contributed by atoms with Gasteiger partial charge in [0, 0.05) is 12.2 Å². The third-order valence-electron chi connectivity index (χ3n) is 4.24. The Balaban J connectivity index is 2.25. The van der Waals surface area contributed by atoms with Gasteiger partial charge in [0.2, 0.25) is 0 Å². The molecule has 3 N–H and O–H groups in total. The predicted octanol–water partition coefficient (Wildman–Crippen LogP) is 2.43. The van der Waals surface area contributed by atoms with E-state index in [9.17, 15) is 4.79 Å². The van der Waals surface area contributed by atoms with Gasteiger partial charge in [-0.2, -0.15) is 5.10 Å². The number of para-hydroxylation sites is 1.